The molecule has 0 atom stereocenters. The van der Waals surface area contributed by atoms with Gasteiger partial charge in [-0.15, -0.1) is 0 Å². The minimum absolute atomic E-state index is 0.0673. The van der Waals surface area contributed by atoms with Crippen LogP contribution < -0.4 is 5.32 Å². The summed E-state index contributed by atoms with van der Waals surface area (Å²) in [4.78, 5) is 11.6. The summed E-state index contributed by atoms with van der Waals surface area (Å²) in [5, 5.41) is 3.44. The number of nitrogens with one attached hydrogen (secondary N) is 1. The van der Waals surface area contributed by atoms with Gasteiger partial charge in [-0.05, 0) is 47.0 Å². The second-order valence-electron chi connectivity index (χ2n) is 2.88. The lowest BCUT2D eigenvalue weighted by Crippen LogP contribution is -2.25. The molecule has 1 aromatic rings. The Balaban J connectivity index is 2.62. The minimum Gasteiger partial charge on any atom is -0.351 e. The van der Waals surface area contributed by atoms with E-state index < -0.39 is 0 Å². The number of carbonyl (C=O) groups excluding carboxylic acids is 1. The molecule has 2 nitrogen and oxygen atoms in total. The molecule has 0 bridgehead atoms. The molecule has 0 heterocycles. The zero-order valence-electron chi connectivity index (χ0n) is 8.22. The van der Waals surface area contributed by atoms with E-state index in [1.54, 1.807) is 23.9 Å². The number of hydrogen-bond donors (Lipinski definition) is 1. The van der Waals surface area contributed by atoms with Gasteiger partial charge in [0.2, 0.25) is 0 Å². The zero-order chi connectivity index (χ0) is 11.3. The highest BCUT2D eigenvalue weighted by molar-refractivity contribution is 14.1. The minimum atomic E-state index is -0.0673. The van der Waals surface area contributed by atoms with Crippen molar-refractivity contribution in [2.75, 3.05) is 18.6 Å². The van der Waals surface area contributed by atoms with E-state index in [1.165, 1.54) is 0 Å². The van der Waals surface area contributed by atoms with E-state index in [4.69, 9.17) is 11.6 Å². The van der Waals surface area contributed by atoms with Crippen LogP contribution in [-0.4, -0.2) is 24.5 Å². The van der Waals surface area contributed by atoms with Crippen molar-refractivity contribution < 1.29 is 4.79 Å². The zero-order valence-corrected chi connectivity index (χ0v) is 11.9. The Morgan fingerprint density at radius 3 is 2.93 bits per heavy atom. The first-order valence-corrected chi connectivity index (χ1v) is 7.22. The number of carbonyl (C=O) groups is 1. The Labute approximate surface area is 112 Å². The van der Waals surface area contributed by atoms with E-state index in [-0.39, 0.29) is 5.91 Å². The summed E-state index contributed by atoms with van der Waals surface area (Å²) < 4.78 is 0.954. The molecule has 5 heteroatoms. The summed E-state index contributed by atoms with van der Waals surface area (Å²) in [5.74, 6) is 0.853. The molecule has 15 heavy (non-hydrogen) atoms. The molecular formula is C10H11ClINOS. The summed E-state index contributed by atoms with van der Waals surface area (Å²) in [6.07, 6.45) is 2.01. The summed E-state index contributed by atoms with van der Waals surface area (Å²) in [6.45, 7) is 0.684. The largest absolute Gasteiger partial charge is 0.351 e. The van der Waals surface area contributed by atoms with E-state index in [9.17, 15) is 4.79 Å². The van der Waals surface area contributed by atoms with Crippen molar-refractivity contribution >= 4 is 51.9 Å². The molecule has 0 fully saturated rings. The number of benzene rings is 1. The third-order valence-corrected chi connectivity index (χ3v) is 3.96. The highest BCUT2D eigenvalue weighted by Gasteiger charge is 2.06. The highest BCUT2D eigenvalue weighted by atomic mass is 127. The van der Waals surface area contributed by atoms with Crippen LogP contribution in [0.1, 0.15) is 10.4 Å². The van der Waals surface area contributed by atoms with Crippen LogP contribution in [0.4, 0.5) is 0 Å². The first-order valence-electron chi connectivity index (χ1n) is 4.37. The summed E-state index contributed by atoms with van der Waals surface area (Å²) in [7, 11) is 0. The van der Waals surface area contributed by atoms with Crippen molar-refractivity contribution in [3.05, 3.63) is 32.4 Å². The fourth-order valence-corrected chi connectivity index (χ4v) is 1.83. The Bertz CT molecular complexity index is 359. The molecule has 82 valence electrons. The third-order valence-electron chi connectivity index (χ3n) is 1.77. The molecular weight excluding hydrogens is 345 g/mol. The van der Waals surface area contributed by atoms with Crippen molar-refractivity contribution in [2.45, 2.75) is 0 Å². The molecule has 1 aromatic carbocycles. The van der Waals surface area contributed by atoms with Gasteiger partial charge in [0.05, 0.1) is 5.02 Å². The lowest BCUT2D eigenvalue weighted by Gasteiger charge is -2.05. The lowest BCUT2D eigenvalue weighted by atomic mass is 10.2. The molecule has 0 saturated carbocycles. The molecule has 0 aliphatic heterocycles. The topological polar surface area (TPSA) is 29.1 Å². The molecule has 1 amide bonds. The first kappa shape index (κ1) is 13.1. The predicted molar refractivity (Wildman–Crippen MR) is 74.9 cm³/mol. The second-order valence-corrected chi connectivity index (χ2v) is 5.43. The Morgan fingerprint density at radius 2 is 2.33 bits per heavy atom. The Hall–Kier alpha value is 0.0600. The fraction of sp³-hybridized carbons (Fsp3) is 0.300. The van der Waals surface area contributed by atoms with Crippen LogP contribution in [0.15, 0.2) is 18.2 Å². The number of rotatable bonds is 4. The highest BCUT2D eigenvalue weighted by Crippen LogP contribution is 2.19. The standard InChI is InChI=1S/C10H11ClINOS/c1-15-5-4-13-10(14)7-2-3-9(12)8(11)6-7/h2-3,6H,4-5H2,1H3,(H,13,14). The van der Waals surface area contributed by atoms with Crippen LogP contribution in [0.2, 0.25) is 5.02 Å². The molecule has 1 rings (SSSR count). The average molecular weight is 356 g/mol. The van der Waals surface area contributed by atoms with Gasteiger partial charge in [0, 0.05) is 21.4 Å². The summed E-state index contributed by atoms with van der Waals surface area (Å²) in [6, 6.07) is 5.31. The molecule has 0 radical (unpaired) electrons. The van der Waals surface area contributed by atoms with Gasteiger partial charge in [-0.2, -0.15) is 11.8 Å². The maximum absolute atomic E-state index is 11.6. The summed E-state index contributed by atoms with van der Waals surface area (Å²) in [5.41, 5.74) is 0.613. The van der Waals surface area contributed by atoms with Gasteiger partial charge in [-0.25, -0.2) is 0 Å². The van der Waals surface area contributed by atoms with Crippen LogP contribution >= 0.6 is 46.0 Å². The fourth-order valence-electron chi connectivity index (χ4n) is 1.01. The first-order chi connectivity index (χ1) is 7.15. The van der Waals surface area contributed by atoms with Crippen molar-refractivity contribution in [3.8, 4) is 0 Å². The lowest BCUT2D eigenvalue weighted by molar-refractivity contribution is 0.0956. The van der Waals surface area contributed by atoms with Crippen molar-refractivity contribution in [2.24, 2.45) is 0 Å². The molecule has 0 aliphatic carbocycles. The quantitative estimate of drug-likeness (QED) is 0.664. The SMILES string of the molecule is CSCCNC(=O)c1ccc(I)c(Cl)c1. The van der Waals surface area contributed by atoms with Gasteiger partial charge in [-0.1, -0.05) is 11.6 Å². The van der Waals surface area contributed by atoms with E-state index in [1.807, 2.05) is 12.3 Å². The molecule has 0 spiro atoms. The average Bonchev–Trinajstić information content (AvgIpc) is 2.22. The second kappa shape index (κ2) is 6.60. The van der Waals surface area contributed by atoms with E-state index in [0.717, 1.165) is 9.32 Å². The van der Waals surface area contributed by atoms with Crippen LogP contribution in [0.25, 0.3) is 0 Å². The normalized spacial score (nSPS) is 10.1. The smallest absolute Gasteiger partial charge is 0.251 e. The summed E-state index contributed by atoms with van der Waals surface area (Å²) >= 11 is 9.76. The van der Waals surface area contributed by atoms with Gasteiger partial charge >= 0.3 is 0 Å². The maximum Gasteiger partial charge on any atom is 0.251 e. The van der Waals surface area contributed by atoms with Crippen LogP contribution in [0.3, 0.4) is 0 Å². The Kier molecular flexibility index (Phi) is 5.78. The number of thioether (sulfide) groups is 1. The van der Waals surface area contributed by atoms with Gasteiger partial charge in [-0.3, -0.25) is 4.79 Å². The number of amides is 1. The molecule has 1 N–H and O–H groups in total. The van der Waals surface area contributed by atoms with Crippen molar-refractivity contribution in [1.29, 1.82) is 0 Å². The van der Waals surface area contributed by atoms with Gasteiger partial charge < -0.3 is 5.32 Å². The van der Waals surface area contributed by atoms with Gasteiger partial charge in [0.15, 0.2) is 0 Å². The molecule has 0 saturated heterocycles. The predicted octanol–water partition coefficient (Wildman–Crippen LogP) is 3.04. The van der Waals surface area contributed by atoms with Crippen molar-refractivity contribution in [1.82, 2.24) is 5.32 Å². The maximum atomic E-state index is 11.6. The number of hydrogen-bond acceptors (Lipinski definition) is 2. The van der Waals surface area contributed by atoms with Crippen LogP contribution in [-0.2, 0) is 0 Å². The third kappa shape index (κ3) is 4.20. The van der Waals surface area contributed by atoms with Crippen LogP contribution in [0, 0.1) is 3.57 Å². The van der Waals surface area contributed by atoms with Crippen LogP contribution in [0.5, 0.6) is 0 Å². The monoisotopic (exact) mass is 355 g/mol. The van der Waals surface area contributed by atoms with E-state index >= 15 is 0 Å². The van der Waals surface area contributed by atoms with E-state index in [2.05, 4.69) is 27.9 Å². The van der Waals surface area contributed by atoms with Gasteiger partial charge in [0.1, 0.15) is 0 Å². The van der Waals surface area contributed by atoms with E-state index in [0.29, 0.717) is 17.1 Å². The molecule has 0 aromatic heterocycles. The Morgan fingerprint density at radius 1 is 1.60 bits per heavy atom. The number of halogens is 2. The molecule has 0 unspecified atom stereocenters. The molecule has 0 aliphatic rings. The van der Waals surface area contributed by atoms with Crippen molar-refractivity contribution in [3.63, 3.8) is 0 Å². The van der Waals surface area contributed by atoms with Gasteiger partial charge in [0.25, 0.3) is 5.91 Å².